The zero-order chi connectivity index (χ0) is 17.5. The maximum atomic E-state index is 12.2. The summed E-state index contributed by atoms with van der Waals surface area (Å²) in [4.78, 5) is 14.3. The molecule has 1 rings (SSSR count). The largest absolute Gasteiger partial charge is 0.377 e. The van der Waals surface area contributed by atoms with E-state index in [2.05, 4.69) is 22.5 Å². The van der Waals surface area contributed by atoms with Crippen LogP contribution in [0.1, 0.15) is 34.1 Å². The van der Waals surface area contributed by atoms with Gasteiger partial charge in [-0.25, -0.2) is 9.18 Å². The third-order valence-corrected chi connectivity index (χ3v) is 3.83. The van der Waals surface area contributed by atoms with E-state index in [-0.39, 0.29) is 30.3 Å². The highest BCUT2D eigenvalue weighted by Crippen LogP contribution is 2.20. The predicted molar refractivity (Wildman–Crippen MR) is 90.2 cm³/mol. The van der Waals surface area contributed by atoms with Crippen molar-refractivity contribution in [3.05, 3.63) is 0 Å². The zero-order valence-electron chi connectivity index (χ0n) is 14.9. The van der Waals surface area contributed by atoms with Crippen LogP contribution in [0, 0.1) is 5.92 Å². The third kappa shape index (κ3) is 7.94. The lowest BCUT2D eigenvalue weighted by atomic mass is 10.1. The van der Waals surface area contributed by atoms with Crippen molar-refractivity contribution in [3.8, 4) is 0 Å². The summed E-state index contributed by atoms with van der Waals surface area (Å²) >= 11 is 0. The number of alkyl halides is 1. The molecule has 1 heterocycles. The molecule has 7 heteroatoms. The van der Waals surface area contributed by atoms with Crippen LogP contribution in [0.3, 0.4) is 0 Å². The quantitative estimate of drug-likeness (QED) is 0.582. The Morgan fingerprint density at radius 3 is 2.74 bits per heavy atom. The van der Waals surface area contributed by atoms with Gasteiger partial charge in [0.05, 0.1) is 13.2 Å². The summed E-state index contributed by atoms with van der Waals surface area (Å²) in [5.41, 5.74) is 5.45. The Morgan fingerprint density at radius 1 is 1.48 bits per heavy atom. The summed E-state index contributed by atoms with van der Waals surface area (Å²) in [5.74, 6) is 0.376. The molecule has 0 bridgehead atoms. The SMILES string of the molecule is C[C@@H](CN)CN1C[C@H](NC(=O)NC(C)(C)C)C[C@H]1COCCF. The fourth-order valence-corrected chi connectivity index (χ4v) is 2.80. The number of urea groups is 1. The number of carbonyl (C=O) groups is 1. The molecule has 1 saturated heterocycles. The van der Waals surface area contributed by atoms with Crippen LogP contribution in [0.25, 0.3) is 0 Å². The fraction of sp³-hybridized carbons (Fsp3) is 0.938. The minimum atomic E-state index is -0.471. The van der Waals surface area contributed by atoms with Gasteiger partial charge in [0.1, 0.15) is 6.67 Å². The van der Waals surface area contributed by atoms with E-state index in [1.807, 2.05) is 20.8 Å². The van der Waals surface area contributed by atoms with Crippen molar-refractivity contribution in [2.75, 3.05) is 39.5 Å². The maximum Gasteiger partial charge on any atom is 0.315 e. The van der Waals surface area contributed by atoms with Gasteiger partial charge in [-0.05, 0) is 39.7 Å². The van der Waals surface area contributed by atoms with Crippen molar-refractivity contribution in [2.45, 2.75) is 51.7 Å². The molecule has 6 nitrogen and oxygen atoms in total. The Labute approximate surface area is 139 Å². The smallest absolute Gasteiger partial charge is 0.315 e. The highest BCUT2D eigenvalue weighted by Gasteiger charge is 2.33. The van der Waals surface area contributed by atoms with Crippen LogP contribution in [0.2, 0.25) is 0 Å². The summed E-state index contributed by atoms with van der Waals surface area (Å²) in [6, 6.07) is 0.108. The summed E-state index contributed by atoms with van der Waals surface area (Å²) in [6.45, 7) is 10.3. The van der Waals surface area contributed by atoms with Gasteiger partial charge in [-0.3, -0.25) is 4.90 Å². The van der Waals surface area contributed by atoms with Gasteiger partial charge < -0.3 is 21.1 Å². The lowest BCUT2D eigenvalue weighted by Gasteiger charge is -2.26. The number of nitrogens with one attached hydrogen (secondary N) is 2. The van der Waals surface area contributed by atoms with E-state index in [4.69, 9.17) is 10.5 Å². The molecular formula is C16H33FN4O2. The average molecular weight is 332 g/mol. The molecule has 4 N–H and O–H groups in total. The van der Waals surface area contributed by atoms with Gasteiger partial charge in [0.15, 0.2) is 0 Å². The highest BCUT2D eigenvalue weighted by molar-refractivity contribution is 5.75. The maximum absolute atomic E-state index is 12.2. The van der Waals surface area contributed by atoms with Crippen molar-refractivity contribution in [1.29, 1.82) is 0 Å². The van der Waals surface area contributed by atoms with E-state index >= 15 is 0 Å². The van der Waals surface area contributed by atoms with E-state index in [1.54, 1.807) is 0 Å². The Morgan fingerprint density at radius 2 is 2.17 bits per heavy atom. The summed E-state index contributed by atoms with van der Waals surface area (Å²) in [6.07, 6.45) is 0.807. The fourth-order valence-electron chi connectivity index (χ4n) is 2.80. The normalized spacial score (nSPS) is 23.7. The molecule has 2 amide bonds. The number of amides is 2. The first-order valence-electron chi connectivity index (χ1n) is 8.41. The molecule has 0 unspecified atom stereocenters. The number of hydrogen-bond acceptors (Lipinski definition) is 4. The van der Waals surface area contributed by atoms with E-state index < -0.39 is 6.67 Å². The van der Waals surface area contributed by atoms with Gasteiger partial charge in [-0.1, -0.05) is 6.92 Å². The second-order valence-electron chi connectivity index (χ2n) is 7.49. The number of rotatable bonds is 8. The van der Waals surface area contributed by atoms with Gasteiger partial charge in [0.2, 0.25) is 0 Å². The molecule has 136 valence electrons. The van der Waals surface area contributed by atoms with Crippen LogP contribution in [0.4, 0.5) is 9.18 Å². The zero-order valence-corrected chi connectivity index (χ0v) is 14.9. The first kappa shape index (κ1) is 20.1. The highest BCUT2D eigenvalue weighted by atomic mass is 19.1. The number of carbonyl (C=O) groups excluding carboxylic acids is 1. The molecule has 23 heavy (non-hydrogen) atoms. The Kier molecular flexibility index (Phi) is 8.22. The van der Waals surface area contributed by atoms with E-state index in [0.29, 0.717) is 19.1 Å². The molecule has 0 spiro atoms. The number of nitrogens with zero attached hydrogens (tertiary/aromatic N) is 1. The Bertz CT molecular complexity index is 362. The van der Waals surface area contributed by atoms with E-state index in [0.717, 1.165) is 19.5 Å². The number of hydrogen-bond donors (Lipinski definition) is 3. The number of likely N-dealkylation sites (tertiary alicyclic amines) is 1. The van der Waals surface area contributed by atoms with Crippen molar-refractivity contribution in [3.63, 3.8) is 0 Å². The molecule has 0 aromatic heterocycles. The third-order valence-electron chi connectivity index (χ3n) is 3.83. The van der Waals surface area contributed by atoms with Gasteiger partial charge >= 0.3 is 6.03 Å². The molecular weight excluding hydrogens is 299 g/mol. The second-order valence-corrected chi connectivity index (χ2v) is 7.49. The lowest BCUT2D eigenvalue weighted by molar-refractivity contribution is 0.0646. The van der Waals surface area contributed by atoms with Crippen LogP contribution < -0.4 is 16.4 Å². The minimum absolute atomic E-state index is 0.0706. The van der Waals surface area contributed by atoms with E-state index in [1.165, 1.54) is 0 Å². The lowest BCUT2D eigenvalue weighted by Crippen LogP contribution is -2.50. The standard InChI is InChI=1S/C16H33FN4O2/c1-12(8-18)9-21-10-13(7-14(21)11-23-6-5-17)19-15(22)20-16(2,3)4/h12-14H,5-11,18H2,1-4H3,(H2,19,20,22)/t12-,13+,14-/m0/s1. The predicted octanol–water partition coefficient (Wildman–Crippen LogP) is 1.11. The topological polar surface area (TPSA) is 79.6 Å². The monoisotopic (exact) mass is 332 g/mol. The second kappa shape index (κ2) is 9.39. The summed E-state index contributed by atoms with van der Waals surface area (Å²) < 4.78 is 17.6. The molecule has 0 radical (unpaired) electrons. The van der Waals surface area contributed by atoms with Crippen LogP contribution >= 0.6 is 0 Å². The first-order valence-corrected chi connectivity index (χ1v) is 8.41. The molecule has 1 aliphatic heterocycles. The van der Waals surface area contributed by atoms with Crippen LogP contribution in [-0.4, -0.2) is 68.1 Å². The van der Waals surface area contributed by atoms with Crippen molar-refractivity contribution in [1.82, 2.24) is 15.5 Å². The Hall–Kier alpha value is -0.920. The Balaban J connectivity index is 2.54. The first-order chi connectivity index (χ1) is 10.7. The van der Waals surface area contributed by atoms with Crippen LogP contribution in [-0.2, 0) is 4.74 Å². The van der Waals surface area contributed by atoms with Gasteiger partial charge in [-0.2, -0.15) is 0 Å². The number of nitrogens with two attached hydrogens (primary N) is 1. The number of ether oxygens (including phenoxy) is 1. The average Bonchev–Trinajstić information content (AvgIpc) is 2.78. The van der Waals surface area contributed by atoms with Gasteiger partial charge in [0, 0.05) is 30.7 Å². The molecule has 3 atom stereocenters. The summed E-state index contributed by atoms with van der Waals surface area (Å²) in [7, 11) is 0. The molecule has 0 saturated carbocycles. The van der Waals surface area contributed by atoms with Gasteiger partial charge in [0.25, 0.3) is 0 Å². The van der Waals surface area contributed by atoms with Crippen molar-refractivity contribution >= 4 is 6.03 Å². The van der Waals surface area contributed by atoms with Gasteiger partial charge in [-0.15, -0.1) is 0 Å². The van der Waals surface area contributed by atoms with Crippen molar-refractivity contribution < 1.29 is 13.9 Å². The van der Waals surface area contributed by atoms with Crippen LogP contribution in [0.5, 0.6) is 0 Å². The van der Waals surface area contributed by atoms with Crippen molar-refractivity contribution in [2.24, 2.45) is 11.7 Å². The minimum Gasteiger partial charge on any atom is -0.377 e. The molecule has 0 aromatic rings. The molecule has 0 aromatic carbocycles. The van der Waals surface area contributed by atoms with Crippen LogP contribution in [0.15, 0.2) is 0 Å². The van der Waals surface area contributed by atoms with E-state index in [9.17, 15) is 9.18 Å². The molecule has 0 aliphatic carbocycles. The number of halogens is 1. The molecule has 1 fully saturated rings. The molecule has 1 aliphatic rings. The summed E-state index contributed by atoms with van der Waals surface area (Å²) in [5, 5.41) is 5.93.